The second-order valence-electron chi connectivity index (χ2n) is 2.91. The Balaban J connectivity index is 3.58. The fraction of sp³-hybridized carbons (Fsp3) is 1.00. The molecule has 0 saturated heterocycles. The van der Waals surface area contributed by atoms with E-state index in [-0.39, 0.29) is 0 Å². The van der Waals surface area contributed by atoms with Crippen molar-refractivity contribution in [1.82, 2.24) is 10.6 Å². The standard InChI is InChI=1S/C8H20N2S/c1-6(9-4)7(2)10-8(3)11-5/h6-10H,1-5H3. The Morgan fingerprint density at radius 3 is 2.00 bits per heavy atom. The van der Waals surface area contributed by atoms with Crippen molar-refractivity contribution in [1.29, 1.82) is 0 Å². The van der Waals surface area contributed by atoms with Gasteiger partial charge in [-0.2, -0.15) is 0 Å². The lowest BCUT2D eigenvalue weighted by atomic mass is 10.2. The van der Waals surface area contributed by atoms with Crippen molar-refractivity contribution in [2.45, 2.75) is 38.2 Å². The quantitative estimate of drug-likeness (QED) is 0.617. The van der Waals surface area contributed by atoms with Crippen LogP contribution in [0.2, 0.25) is 0 Å². The van der Waals surface area contributed by atoms with Crippen LogP contribution in [-0.4, -0.2) is 30.8 Å². The molecule has 0 heterocycles. The molecule has 0 aliphatic rings. The highest BCUT2D eigenvalue weighted by molar-refractivity contribution is 7.99. The highest BCUT2D eigenvalue weighted by Gasteiger charge is 2.11. The van der Waals surface area contributed by atoms with Gasteiger partial charge in [0.2, 0.25) is 0 Å². The fourth-order valence-electron chi connectivity index (χ4n) is 0.833. The molecule has 0 amide bonds. The number of hydrogen-bond donors (Lipinski definition) is 2. The summed E-state index contributed by atoms with van der Waals surface area (Å²) >= 11 is 1.84. The Morgan fingerprint density at radius 1 is 1.09 bits per heavy atom. The third kappa shape index (κ3) is 4.67. The molecule has 0 radical (unpaired) electrons. The van der Waals surface area contributed by atoms with Gasteiger partial charge in [0.25, 0.3) is 0 Å². The van der Waals surface area contributed by atoms with Gasteiger partial charge in [-0.05, 0) is 34.1 Å². The highest BCUT2D eigenvalue weighted by atomic mass is 32.2. The van der Waals surface area contributed by atoms with E-state index in [2.05, 4.69) is 37.7 Å². The zero-order valence-corrected chi connectivity index (χ0v) is 8.96. The van der Waals surface area contributed by atoms with E-state index in [1.54, 1.807) is 0 Å². The molecule has 0 bridgehead atoms. The van der Waals surface area contributed by atoms with E-state index in [4.69, 9.17) is 0 Å². The lowest BCUT2D eigenvalue weighted by molar-refractivity contribution is 0.431. The number of likely N-dealkylation sites (N-methyl/N-ethyl adjacent to an activating group) is 1. The van der Waals surface area contributed by atoms with E-state index in [1.807, 2.05) is 18.8 Å². The fourth-order valence-corrected chi connectivity index (χ4v) is 1.18. The van der Waals surface area contributed by atoms with Crippen LogP contribution < -0.4 is 10.6 Å². The van der Waals surface area contributed by atoms with Crippen molar-refractivity contribution in [3.05, 3.63) is 0 Å². The summed E-state index contributed by atoms with van der Waals surface area (Å²) in [6.07, 6.45) is 2.12. The van der Waals surface area contributed by atoms with Crippen molar-refractivity contribution in [3.8, 4) is 0 Å². The van der Waals surface area contributed by atoms with E-state index in [0.29, 0.717) is 17.5 Å². The minimum atomic E-state index is 0.530. The first-order chi connectivity index (χ1) is 5.11. The number of hydrogen-bond acceptors (Lipinski definition) is 3. The Morgan fingerprint density at radius 2 is 1.64 bits per heavy atom. The molecule has 2 nitrogen and oxygen atoms in total. The van der Waals surface area contributed by atoms with Gasteiger partial charge in [-0.25, -0.2) is 0 Å². The topological polar surface area (TPSA) is 24.1 Å². The first kappa shape index (κ1) is 11.3. The largest absolute Gasteiger partial charge is 0.316 e. The molecular formula is C8H20N2S. The summed E-state index contributed by atoms with van der Waals surface area (Å²) in [6.45, 7) is 6.57. The van der Waals surface area contributed by atoms with Crippen LogP contribution in [0.25, 0.3) is 0 Å². The summed E-state index contributed by atoms with van der Waals surface area (Å²) in [4.78, 5) is 0. The van der Waals surface area contributed by atoms with Crippen molar-refractivity contribution in [3.63, 3.8) is 0 Å². The molecule has 3 unspecified atom stereocenters. The Labute approximate surface area is 74.5 Å². The first-order valence-corrected chi connectivity index (χ1v) is 5.36. The minimum absolute atomic E-state index is 0.530. The minimum Gasteiger partial charge on any atom is -0.316 e. The third-order valence-corrected chi connectivity index (χ3v) is 2.90. The molecule has 0 aliphatic heterocycles. The molecule has 11 heavy (non-hydrogen) atoms. The predicted molar refractivity (Wildman–Crippen MR) is 54.1 cm³/mol. The van der Waals surface area contributed by atoms with Crippen LogP contribution in [0.4, 0.5) is 0 Å². The van der Waals surface area contributed by atoms with Crippen LogP contribution >= 0.6 is 11.8 Å². The molecule has 0 rings (SSSR count). The maximum absolute atomic E-state index is 3.48. The number of thioether (sulfide) groups is 1. The summed E-state index contributed by atoms with van der Waals surface area (Å²) in [5.74, 6) is 0. The van der Waals surface area contributed by atoms with Gasteiger partial charge in [0.15, 0.2) is 0 Å². The van der Waals surface area contributed by atoms with Crippen LogP contribution in [0.5, 0.6) is 0 Å². The third-order valence-electron chi connectivity index (χ3n) is 2.06. The molecule has 0 aliphatic carbocycles. The normalized spacial score (nSPS) is 19.4. The lowest BCUT2D eigenvalue weighted by Crippen LogP contribution is -2.45. The van der Waals surface area contributed by atoms with Crippen LogP contribution in [0.15, 0.2) is 0 Å². The van der Waals surface area contributed by atoms with Gasteiger partial charge in [-0.3, -0.25) is 0 Å². The van der Waals surface area contributed by atoms with Crippen molar-refractivity contribution < 1.29 is 0 Å². The molecule has 68 valence electrons. The van der Waals surface area contributed by atoms with E-state index >= 15 is 0 Å². The Kier molecular flexibility index (Phi) is 6.01. The molecule has 0 fully saturated rings. The number of nitrogens with one attached hydrogen (secondary N) is 2. The first-order valence-electron chi connectivity index (χ1n) is 4.08. The van der Waals surface area contributed by atoms with Gasteiger partial charge in [0.05, 0.1) is 5.37 Å². The average molecular weight is 176 g/mol. The van der Waals surface area contributed by atoms with Crippen molar-refractivity contribution in [2.75, 3.05) is 13.3 Å². The van der Waals surface area contributed by atoms with Crippen molar-refractivity contribution >= 4 is 11.8 Å². The molecule has 0 spiro atoms. The second kappa shape index (κ2) is 5.86. The maximum atomic E-state index is 3.48. The average Bonchev–Trinajstić information content (AvgIpc) is 2.02. The summed E-state index contributed by atoms with van der Waals surface area (Å²) in [5, 5.41) is 7.25. The summed E-state index contributed by atoms with van der Waals surface area (Å²) in [6, 6.07) is 1.06. The van der Waals surface area contributed by atoms with E-state index < -0.39 is 0 Å². The highest BCUT2D eigenvalue weighted by Crippen LogP contribution is 2.03. The Bertz CT molecular complexity index is 98.1. The monoisotopic (exact) mass is 176 g/mol. The van der Waals surface area contributed by atoms with Crippen LogP contribution in [0, 0.1) is 0 Å². The summed E-state index contributed by atoms with van der Waals surface area (Å²) in [5.41, 5.74) is 0. The SMILES string of the molecule is CNC(C)C(C)NC(C)SC. The molecule has 0 aromatic rings. The molecule has 0 aromatic heterocycles. The zero-order valence-electron chi connectivity index (χ0n) is 8.14. The van der Waals surface area contributed by atoms with Gasteiger partial charge in [0, 0.05) is 12.1 Å². The molecule has 3 atom stereocenters. The number of rotatable bonds is 5. The van der Waals surface area contributed by atoms with Gasteiger partial charge < -0.3 is 10.6 Å². The maximum Gasteiger partial charge on any atom is 0.0503 e. The van der Waals surface area contributed by atoms with Gasteiger partial charge in [-0.1, -0.05) is 0 Å². The van der Waals surface area contributed by atoms with Crippen molar-refractivity contribution in [2.24, 2.45) is 0 Å². The predicted octanol–water partition coefficient (Wildman–Crippen LogP) is 1.28. The molecule has 2 N–H and O–H groups in total. The second-order valence-corrected chi connectivity index (χ2v) is 4.09. The lowest BCUT2D eigenvalue weighted by Gasteiger charge is -2.23. The summed E-state index contributed by atoms with van der Waals surface area (Å²) in [7, 11) is 1.99. The summed E-state index contributed by atoms with van der Waals surface area (Å²) < 4.78 is 0. The van der Waals surface area contributed by atoms with Crippen LogP contribution in [0.1, 0.15) is 20.8 Å². The molecule has 0 saturated carbocycles. The molecule has 3 heteroatoms. The molecular weight excluding hydrogens is 156 g/mol. The van der Waals surface area contributed by atoms with Gasteiger partial charge in [0.1, 0.15) is 0 Å². The van der Waals surface area contributed by atoms with E-state index in [9.17, 15) is 0 Å². The van der Waals surface area contributed by atoms with Crippen LogP contribution in [0.3, 0.4) is 0 Å². The molecule has 0 aromatic carbocycles. The van der Waals surface area contributed by atoms with Gasteiger partial charge in [-0.15, -0.1) is 11.8 Å². The van der Waals surface area contributed by atoms with Gasteiger partial charge >= 0.3 is 0 Å². The smallest absolute Gasteiger partial charge is 0.0503 e. The van der Waals surface area contributed by atoms with Crippen LogP contribution in [-0.2, 0) is 0 Å². The van der Waals surface area contributed by atoms with E-state index in [0.717, 1.165) is 0 Å². The zero-order chi connectivity index (χ0) is 8.85. The van der Waals surface area contributed by atoms with E-state index in [1.165, 1.54) is 0 Å². The Hall–Kier alpha value is 0.270.